The first-order valence-corrected chi connectivity index (χ1v) is 7.56. The second-order valence-corrected chi connectivity index (χ2v) is 6.04. The Kier molecular flexibility index (Phi) is 7.60. The monoisotopic (exact) mass is 253 g/mol. The highest BCUT2D eigenvalue weighted by molar-refractivity contribution is 5.11. The third-order valence-electron chi connectivity index (χ3n) is 3.77. The molecule has 1 unspecified atom stereocenters. The first kappa shape index (κ1) is 15.7. The summed E-state index contributed by atoms with van der Waals surface area (Å²) in [5.41, 5.74) is 1.62. The molecule has 1 aliphatic rings. The van der Waals surface area contributed by atoms with E-state index in [2.05, 4.69) is 32.2 Å². The van der Waals surface area contributed by atoms with Gasteiger partial charge in [-0.15, -0.1) is 0 Å². The van der Waals surface area contributed by atoms with Crippen LogP contribution in [0.4, 0.5) is 0 Å². The molecular formula is C16H31NO. The van der Waals surface area contributed by atoms with Gasteiger partial charge in [-0.05, 0) is 24.7 Å². The van der Waals surface area contributed by atoms with Crippen molar-refractivity contribution < 1.29 is 4.74 Å². The van der Waals surface area contributed by atoms with E-state index >= 15 is 0 Å². The van der Waals surface area contributed by atoms with Gasteiger partial charge >= 0.3 is 0 Å². The Morgan fingerprint density at radius 3 is 2.44 bits per heavy atom. The van der Waals surface area contributed by atoms with Gasteiger partial charge in [0, 0.05) is 19.7 Å². The van der Waals surface area contributed by atoms with Crippen molar-refractivity contribution in [3.05, 3.63) is 11.6 Å². The molecule has 1 saturated carbocycles. The van der Waals surface area contributed by atoms with E-state index in [-0.39, 0.29) is 0 Å². The summed E-state index contributed by atoms with van der Waals surface area (Å²) >= 11 is 0. The van der Waals surface area contributed by atoms with Crippen LogP contribution in [0, 0.1) is 11.8 Å². The average molecular weight is 253 g/mol. The molecule has 0 aromatic rings. The van der Waals surface area contributed by atoms with Crippen LogP contribution in [0.3, 0.4) is 0 Å². The summed E-state index contributed by atoms with van der Waals surface area (Å²) < 4.78 is 5.25. The minimum Gasteiger partial charge on any atom is -0.384 e. The normalized spacial score (nSPS) is 20.4. The maximum Gasteiger partial charge on any atom is 0.0522 e. The zero-order valence-corrected chi connectivity index (χ0v) is 12.7. The highest BCUT2D eigenvalue weighted by Crippen LogP contribution is 2.30. The fraction of sp³-hybridized carbons (Fsp3) is 0.875. The van der Waals surface area contributed by atoms with Crippen LogP contribution >= 0.6 is 0 Å². The maximum atomic E-state index is 5.25. The molecule has 0 aliphatic heterocycles. The van der Waals surface area contributed by atoms with E-state index in [0.29, 0.717) is 12.0 Å². The molecule has 0 amide bonds. The van der Waals surface area contributed by atoms with Crippen molar-refractivity contribution in [2.75, 3.05) is 20.3 Å². The highest BCUT2D eigenvalue weighted by Gasteiger charge is 2.18. The maximum absolute atomic E-state index is 5.25. The molecule has 1 rings (SSSR count). The summed E-state index contributed by atoms with van der Waals surface area (Å²) in [7, 11) is 1.79. The van der Waals surface area contributed by atoms with Crippen molar-refractivity contribution in [3.8, 4) is 0 Å². The largest absolute Gasteiger partial charge is 0.384 e. The molecule has 106 valence electrons. The minimum absolute atomic E-state index is 0.529. The number of ether oxygens (including phenoxy) is 1. The van der Waals surface area contributed by atoms with Gasteiger partial charge in [0.15, 0.2) is 0 Å². The van der Waals surface area contributed by atoms with Gasteiger partial charge in [0.1, 0.15) is 0 Å². The molecule has 1 aliphatic carbocycles. The number of methoxy groups -OCH3 is 1. The van der Waals surface area contributed by atoms with Crippen molar-refractivity contribution in [1.29, 1.82) is 0 Å². The quantitative estimate of drug-likeness (QED) is 0.697. The second-order valence-electron chi connectivity index (χ2n) is 6.04. The van der Waals surface area contributed by atoms with E-state index in [1.807, 2.05) is 0 Å². The van der Waals surface area contributed by atoms with E-state index < -0.39 is 0 Å². The summed E-state index contributed by atoms with van der Waals surface area (Å²) in [5, 5.41) is 3.58. The standard InChI is InChI=1S/C16H31NO/c1-13(2)17-11-16(10-14(3)12-18-4)15-8-6-5-7-9-15/h10,13-15,17H,5-9,11-12H2,1-4H3/b16-10-. The molecule has 18 heavy (non-hydrogen) atoms. The Hall–Kier alpha value is -0.340. The van der Waals surface area contributed by atoms with Gasteiger partial charge < -0.3 is 10.1 Å². The third-order valence-corrected chi connectivity index (χ3v) is 3.77. The number of nitrogens with one attached hydrogen (secondary N) is 1. The van der Waals surface area contributed by atoms with Crippen LogP contribution < -0.4 is 5.32 Å². The van der Waals surface area contributed by atoms with Gasteiger partial charge in [0.05, 0.1) is 6.61 Å². The van der Waals surface area contributed by atoms with E-state index in [4.69, 9.17) is 4.74 Å². The van der Waals surface area contributed by atoms with Crippen LogP contribution in [0.2, 0.25) is 0 Å². The predicted octanol–water partition coefficient (Wildman–Crippen LogP) is 3.77. The van der Waals surface area contributed by atoms with Crippen LogP contribution in [-0.2, 0) is 4.74 Å². The number of hydrogen-bond donors (Lipinski definition) is 1. The summed E-state index contributed by atoms with van der Waals surface area (Å²) in [4.78, 5) is 0. The lowest BCUT2D eigenvalue weighted by Crippen LogP contribution is -2.28. The van der Waals surface area contributed by atoms with Gasteiger partial charge in [-0.25, -0.2) is 0 Å². The highest BCUT2D eigenvalue weighted by atomic mass is 16.5. The van der Waals surface area contributed by atoms with E-state index in [1.54, 1.807) is 12.7 Å². The molecule has 2 nitrogen and oxygen atoms in total. The van der Waals surface area contributed by atoms with E-state index in [9.17, 15) is 0 Å². The van der Waals surface area contributed by atoms with Gasteiger partial charge in [-0.2, -0.15) is 0 Å². The Balaban J connectivity index is 2.60. The van der Waals surface area contributed by atoms with Crippen molar-refractivity contribution in [2.45, 2.75) is 58.9 Å². The lowest BCUT2D eigenvalue weighted by Gasteiger charge is -2.26. The molecule has 0 spiro atoms. The topological polar surface area (TPSA) is 21.3 Å². The van der Waals surface area contributed by atoms with Crippen molar-refractivity contribution in [3.63, 3.8) is 0 Å². The molecule has 1 atom stereocenters. The Morgan fingerprint density at radius 1 is 1.22 bits per heavy atom. The van der Waals surface area contributed by atoms with Crippen LogP contribution in [0.5, 0.6) is 0 Å². The zero-order chi connectivity index (χ0) is 13.4. The molecular weight excluding hydrogens is 222 g/mol. The molecule has 0 radical (unpaired) electrons. The number of hydrogen-bond acceptors (Lipinski definition) is 2. The Morgan fingerprint density at radius 2 is 1.89 bits per heavy atom. The average Bonchev–Trinajstić information content (AvgIpc) is 2.35. The van der Waals surface area contributed by atoms with Crippen LogP contribution in [0.15, 0.2) is 11.6 Å². The lowest BCUT2D eigenvalue weighted by atomic mass is 9.82. The van der Waals surface area contributed by atoms with E-state index in [0.717, 1.165) is 19.1 Å². The molecule has 1 fully saturated rings. The van der Waals surface area contributed by atoms with Crippen LogP contribution in [0.1, 0.15) is 52.9 Å². The zero-order valence-electron chi connectivity index (χ0n) is 12.7. The molecule has 0 bridgehead atoms. The predicted molar refractivity (Wildman–Crippen MR) is 78.8 cm³/mol. The number of rotatable bonds is 7. The smallest absolute Gasteiger partial charge is 0.0522 e. The van der Waals surface area contributed by atoms with E-state index in [1.165, 1.54) is 32.1 Å². The van der Waals surface area contributed by atoms with Gasteiger partial charge in [-0.1, -0.05) is 51.7 Å². The first-order valence-electron chi connectivity index (χ1n) is 7.56. The molecule has 0 saturated heterocycles. The third kappa shape index (κ3) is 6.01. The van der Waals surface area contributed by atoms with Crippen LogP contribution in [0.25, 0.3) is 0 Å². The van der Waals surface area contributed by atoms with Gasteiger partial charge in [-0.3, -0.25) is 0 Å². The van der Waals surface area contributed by atoms with Gasteiger partial charge in [0.25, 0.3) is 0 Å². The molecule has 0 aromatic carbocycles. The molecule has 0 heterocycles. The van der Waals surface area contributed by atoms with Gasteiger partial charge in [0.2, 0.25) is 0 Å². The Bertz CT molecular complexity index is 241. The molecule has 1 N–H and O–H groups in total. The Labute approximate surface area is 113 Å². The summed E-state index contributed by atoms with van der Waals surface area (Å²) in [5.74, 6) is 1.34. The first-order chi connectivity index (χ1) is 8.63. The van der Waals surface area contributed by atoms with Crippen LogP contribution in [-0.4, -0.2) is 26.3 Å². The summed E-state index contributed by atoms with van der Waals surface area (Å²) in [6.45, 7) is 8.57. The summed E-state index contributed by atoms with van der Waals surface area (Å²) in [6, 6.07) is 0.565. The summed E-state index contributed by atoms with van der Waals surface area (Å²) in [6.07, 6.45) is 9.45. The molecule has 2 heteroatoms. The lowest BCUT2D eigenvalue weighted by molar-refractivity contribution is 0.175. The SMILES string of the molecule is COCC(C)/C=C(/CNC(C)C)C1CCCCC1. The van der Waals surface area contributed by atoms with Crippen molar-refractivity contribution in [1.82, 2.24) is 5.32 Å². The van der Waals surface area contributed by atoms with Crippen molar-refractivity contribution in [2.24, 2.45) is 11.8 Å². The fourth-order valence-corrected chi connectivity index (χ4v) is 2.81. The molecule has 0 aromatic heterocycles. The second kappa shape index (κ2) is 8.71. The fourth-order valence-electron chi connectivity index (χ4n) is 2.81. The van der Waals surface area contributed by atoms with Crippen molar-refractivity contribution >= 4 is 0 Å². The minimum atomic E-state index is 0.529.